The molecule has 2 saturated heterocycles. The first-order chi connectivity index (χ1) is 24.9. The first-order valence-corrected chi connectivity index (χ1v) is 16.3. The summed E-state index contributed by atoms with van der Waals surface area (Å²) in [7, 11) is 1.24. The van der Waals surface area contributed by atoms with Crippen molar-refractivity contribution in [3.8, 4) is 11.3 Å². The minimum atomic E-state index is -1.65. The lowest BCUT2D eigenvalue weighted by Crippen LogP contribution is -2.60. The number of carbonyl (C=O) groups excluding carboxylic acids is 1. The van der Waals surface area contributed by atoms with Gasteiger partial charge in [-0.2, -0.15) is 0 Å². The molecule has 10 nitrogen and oxygen atoms in total. The van der Waals surface area contributed by atoms with Crippen molar-refractivity contribution >= 4 is 5.97 Å². The third-order valence-electron chi connectivity index (χ3n) is 8.82. The SMILES string of the molecule is COC(=O)[C@H]1O[C@@]12OC(COCc1ccccc1)[C@H](OCc1ccccc1)C(n1cc(-c3cc(F)c(F)c(F)c3)nn1)C2OCc1ccccc1. The lowest BCUT2D eigenvalue weighted by molar-refractivity contribution is -0.277. The Morgan fingerprint density at radius 2 is 1.37 bits per heavy atom. The number of carbonyl (C=O) groups is 1. The van der Waals surface area contributed by atoms with Gasteiger partial charge < -0.3 is 28.4 Å². The summed E-state index contributed by atoms with van der Waals surface area (Å²) in [5.41, 5.74) is 2.64. The molecule has 0 bridgehead atoms. The molecular weight excluding hydrogens is 667 g/mol. The molecule has 4 aromatic carbocycles. The third-order valence-corrected chi connectivity index (χ3v) is 8.82. The zero-order chi connectivity index (χ0) is 35.4. The molecule has 2 aliphatic heterocycles. The molecule has 13 heteroatoms. The molecule has 0 radical (unpaired) electrons. The van der Waals surface area contributed by atoms with Gasteiger partial charge in [0.05, 0.1) is 39.7 Å². The molecule has 5 aromatic rings. The number of methoxy groups -OCH3 is 1. The largest absolute Gasteiger partial charge is 0.467 e. The van der Waals surface area contributed by atoms with Crippen molar-refractivity contribution in [3.63, 3.8) is 0 Å². The summed E-state index contributed by atoms with van der Waals surface area (Å²) in [6.45, 7) is 0.496. The summed E-state index contributed by atoms with van der Waals surface area (Å²) in [6, 6.07) is 29.2. The molecular formula is C38H34F3N3O7. The summed E-state index contributed by atoms with van der Waals surface area (Å²) in [6.07, 6.45) is -2.51. The molecule has 7 rings (SSSR count). The Hall–Kier alpha value is -4.92. The normalized spacial score (nSPS) is 24.0. The van der Waals surface area contributed by atoms with E-state index in [1.54, 1.807) is 0 Å². The van der Waals surface area contributed by atoms with Gasteiger partial charge in [-0.25, -0.2) is 22.6 Å². The summed E-state index contributed by atoms with van der Waals surface area (Å²) < 4.78 is 81.0. The van der Waals surface area contributed by atoms with E-state index in [1.807, 2.05) is 91.0 Å². The molecule has 0 N–H and O–H groups in total. The number of hydrogen-bond donors (Lipinski definition) is 0. The number of esters is 1. The van der Waals surface area contributed by atoms with Gasteiger partial charge in [-0.05, 0) is 28.8 Å². The monoisotopic (exact) mass is 701 g/mol. The zero-order valence-electron chi connectivity index (χ0n) is 27.4. The number of nitrogens with zero attached hydrogens (tertiary/aromatic N) is 3. The minimum absolute atomic E-state index is 0.00516. The van der Waals surface area contributed by atoms with Crippen molar-refractivity contribution in [1.82, 2.24) is 15.0 Å². The van der Waals surface area contributed by atoms with Gasteiger partial charge >= 0.3 is 5.97 Å². The summed E-state index contributed by atoms with van der Waals surface area (Å²) >= 11 is 0. The van der Waals surface area contributed by atoms with E-state index in [4.69, 9.17) is 28.4 Å². The van der Waals surface area contributed by atoms with Crippen LogP contribution in [-0.2, 0) is 53.0 Å². The van der Waals surface area contributed by atoms with Crippen LogP contribution in [-0.4, -0.2) is 64.9 Å². The van der Waals surface area contributed by atoms with Gasteiger partial charge in [-0.15, -0.1) is 5.10 Å². The predicted octanol–water partition coefficient (Wildman–Crippen LogP) is 5.96. The molecule has 3 unspecified atom stereocenters. The van der Waals surface area contributed by atoms with Crippen molar-refractivity contribution in [3.05, 3.63) is 143 Å². The maximum atomic E-state index is 14.3. The lowest BCUT2D eigenvalue weighted by Gasteiger charge is -2.45. The van der Waals surface area contributed by atoms with Gasteiger partial charge in [0.2, 0.25) is 11.9 Å². The van der Waals surface area contributed by atoms with Crippen LogP contribution in [0, 0.1) is 17.5 Å². The number of hydrogen-bond acceptors (Lipinski definition) is 9. The zero-order valence-corrected chi connectivity index (χ0v) is 27.4. The van der Waals surface area contributed by atoms with Crippen LogP contribution in [0.15, 0.2) is 109 Å². The fourth-order valence-corrected chi connectivity index (χ4v) is 6.27. The van der Waals surface area contributed by atoms with Gasteiger partial charge in [0.25, 0.3) is 0 Å². The number of aromatic nitrogens is 3. The molecule has 2 aliphatic rings. The smallest absolute Gasteiger partial charge is 0.340 e. The molecule has 3 heterocycles. The van der Waals surface area contributed by atoms with Crippen LogP contribution in [0.2, 0.25) is 0 Å². The summed E-state index contributed by atoms with van der Waals surface area (Å²) in [5.74, 6) is -6.67. The van der Waals surface area contributed by atoms with E-state index in [0.29, 0.717) is 0 Å². The van der Waals surface area contributed by atoms with Crippen LogP contribution in [0.4, 0.5) is 13.2 Å². The molecule has 51 heavy (non-hydrogen) atoms. The number of halogens is 3. The lowest BCUT2D eigenvalue weighted by atomic mass is 9.90. The van der Waals surface area contributed by atoms with Crippen molar-refractivity contribution in [1.29, 1.82) is 0 Å². The van der Waals surface area contributed by atoms with Crippen LogP contribution in [0.5, 0.6) is 0 Å². The first-order valence-electron chi connectivity index (χ1n) is 16.3. The molecule has 0 amide bonds. The third kappa shape index (κ3) is 7.43. The van der Waals surface area contributed by atoms with Crippen LogP contribution in [0.25, 0.3) is 11.3 Å². The van der Waals surface area contributed by atoms with E-state index in [-0.39, 0.29) is 37.7 Å². The molecule has 0 saturated carbocycles. The molecule has 264 valence electrons. The molecule has 2 fully saturated rings. The van der Waals surface area contributed by atoms with E-state index < -0.39 is 59.7 Å². The van der Waals surface area contributed by atoms with Gasteiger partial charge in [0, 0.05) is 5.56 Å². The second-order valence-electron chi connectivity index (χ2n) is 12.2. The fourth-order valence-electron chi connectivity index (χ4n) is 6.27. The Bertz CT molecular complexity index is 1910. The highest BCUT2D eigenvalue weighted by atomic mass is 19.2. The predicted molar refractivity (Wildman–Crippen MR) is 175 cm³/mol. The van der Waals surface area contributed by atoms with E-state index in [0.717, 1.165) is 28.8 Å². The fraction of sp³-hybridized carbons (Fsp3) is 0.289. The van der Waals surface area contributed by atoms with E-state index in [2.05, 4.69) is 10.3 Å². The van der Waals surface area contributed by atoms with Gasteiger partial charge in [-0.3, -0.25) is 0 Å². The highest BCUT2D eigenvalue weighted by molar-refractivity contribution is 5.79. The Labute approximate surface area is 291 Å². The highest BCUT2D eigenvalue weighted by Gasteiger charge is 2.75. The Kier molecular flexibility index (Phi) is 10.2. The summed E-state index contributed by atoms with van der Waals surface area (Å²) in [4.78, 5) is 13.0. The van der Waals surface area contributed by atoms with Crippen LogP contribution < -0.4 is 0 Å². The van der Waals surface area contributed by atoms with Crippen molar-refractivity contribution in [2.45, 2.75) is 56.1 Å². The topological polar surface area (TPSA) is 106 Å². The standard InChI is InChI=1S/C38H34F3N3O7/c1-46-37(45)36-38(51-36)35(49-22-26-15-9-4-10-16-26)33(44-19-30(42-43-44)27-17-28(39)32(41)29(40)18-27)34(48-21-25-13-7-3-8-14-25)31(50-38)23-47-20-24-11-5-2-6-12-24/h2-19,31,33-36H,20-23H2,1H3/t31?,33?,34-,35?,36+,38+/m0/s1. The second-order valence-corrected chi connectivity index (χ2v) is 12.2. The number of ether oxygens (including phenoxy) is 6. The molecule has 6 atom stereocenters. The Balaban J connectivity index is 1.30. The Morgan fingerprint density at radius 3 is 1.96 bits per heavy atom. The van der Waals surface area contributed by atoms with Gasteiger partial charge in [0.15, 0.2) is 17.5 Å². The van der Waals surface area contributed by atoms with E-state index in [1.165, 1.54) is 18.0 Å². The average molecular weight is 702 g/mol. The first kappa shape index (κ1) is 34.5. The average Bonchev–Trinajstić information content (AvgIpc) is 3.65. The number of epoxide rings is 1. The van der Waals surface area contributed by atoms with Crippen LogP contribution >= 0.6 is 0 Å². The van der Waals surface area contributed by atoms with Crippen molar-refractivity contribution in [2.75, 3.05) is 13.7 Å². The number of benzene rings is 4. The minimum Gasteiger partial charge on any atom is -0.467 e. The maximum absolute atomic E-state index is 14.3. The van der Waals surface area contributed by atoms with Crippen molar-refractivity contribution in [2.24, 2.45) is 0 Å². The van der Waals surface area contributed by atoms with Crippen LogP contribution in [0.1, 0.15) is 22.7 Å². The quantitative estimate of drug-likeness (QED) is 0.0836. The molecule has 1 aromatic heterocycles. The van der Waals surface area contributed by atoms with Crippen molar-refractivity contribution < 1.29 is 46.4 Å². The van der Waals surface area contributed by atoms with E-state index in [9.17, 15) is 18.0 Å². The van der Waals surface area contributed by atoms with Gasteiger partial charge in [0.1, 0.15) is 30.0 Å². The van der Waals surface area contributed by atoms with Crippen LogP contribution in [0.3, 0.4) is 0 Å². The maximum Gasteiger partial charge on any atom is 0.340 e. The number of rotatable bonds is 13. The highest BCUT2D eigenvalue weighted by Crippen LogP contribution is 2.53. The van der Waals surface area contributed by atoms with Gasteiger partial charge in [-0.1, -0.05) is 96.2 Å². The Morgan fingerprint density at radius 1 is 0.804 bits per heavy atom. The summed E-state index contributed by atoms with van der Waals surface area (Å²) in [5, 5.41) is 8.54. The molecule has 1 spiro atoms. The second kappa shape index (κ2) is 15.1. The molecule has 0 aliphatic carbocycles. The van der Waals surface area contributed by atoms with E-state index >= 15 is 0 Å².